The lowest BCUT2D eigenvalue weighted by Crippen LogP contribution is -2.30. The summed E-state index contributed by atoms with van der Waals surface area (Å²) in [7, 11) is 0. The van der Waals surface area contributed by atoms with Gasteiger partial charge in [0.1, 0.15) is 5.01 Å². The molecule has 28 heavy (non-hydrogen) atoms. The molecule has 0 aliphatic carbocycles. The number of amides is 1. The number of fused-ring (bicyclic) bond motifs is 1. The zero-order valence-electron chi connectivity index (χ0n) is 15.1. The molecule has 0 saturated carbocycles. The van der Waals surface area contributed by atoms with Crippen LogP contribution in [0.3, 0.4) is 0 Å². The number of rotatable bonds is 5. The number of carbonyl (C=O) groups excluding carboxylic acids is 1. The highest BCUT2D eigenvalue weighted by atomic mass is 32.1. The highest BCUT2D eigenvalue weighted by molar-refractivity contribution is 7.18. The second kappa shape index (κ2) is 7.44. The molecule has 5 rings (SSSR count). The summed E-state index contributed by atoms with van der Waals surface area (Å²) in [5.74, 6) is 1.22. The van der Waals surface area contributed by atoms with Gasteiger partial charge in [-0.15, -0.1) is 22.7 Å². The van der Waals surface area contributed by atoms with Gasteiger partial charge in [-0.05, 0) is 36.4 Å². The van der Waals surface area contributed by atoms with Gasteiger partial charge in [-0.25, -0.2) is 4.98 Å². The summed E-state index contributed by atoms with van der Waals surface area (Å²) < 4.78 is 6.49. The van der Waals surface area contributed by atoms with Crippen LogP contribution in [0.4, 0.5) is 0 Å². The third kappa shape index (κ3) is 3.33. The van der Waals surface area contributed by atoms with Crippen molar-refractivity contribution in [2.75, 3.05) is 6.54 Å². The van der Waals surface area contributed by atoms with Crippen molar-refractivity contribution in [1.82, 2.24) is 20.0 Å². The number of likely N-dealkylation sites (tertiary alicyclic amines) is 1. The van der Waals surface area contributed by atoms with E-state index < -0.39 is 0 Å². The molecule has 6 nitrogen and oxygen atoms in total. The van der Waals surface area contributed by atoms with Crippen LogP contribution in [-0.2, 0) is 11.2 Å². The maximum absolute atomic E-state index is 12.9. The van der Waals surface area contributed by atoms with Gasteiger partial charge in [0, 0.05) is 19.4 Å². The van der Waals surface area contributed by atoms with Crippen molar-refractivity contribution in [1.29, 1.82) is 0 Å². The minimum absolute atomic E-state index is 0.0780. The molecule has 0 bridgehead atoms. The van der Waals surface area contributed by atoms with Crippen molar-refractivity contribution in [2.24, 2.45) is 0 Å². The molecule has 1 aliphatic rings. The number of aryl methyl sites for hydroxylation is 1. The zero-order chi connectivity index (χ0) is 18.9. The van der Waals surface area contributed by atoms with E-state index in [9.17, 15) is 4.79 Å². The Morgan fingerprint density at radius 3 is 3.00 bits per heavy atom. The summed E-state index contributed by atoms with van der Waals surface area (Å²) in [6.45, 7) is 0.781. The summed E-state index contributed by atoms with van der Waals surface area (Å²) in [6, 6.07) is 12.1. The highest BCUT2D eigenvalue weighted by Gasteiger charge is 2.32. The van der Waals surface area contributed by atoms with E-state index in [0.717, 1.165) is 34.8 Å². The first kappa shape index (κ1) is 17.5. The molecule has 1 amide bonds. The number of thiophene rings is 1. The van der Waals surface area contributed by atoms with E-state index in [4.69, 9.17) is 9.51 Å². The first-order valence-electron chi connectivity index (χ1n) is 9.29. The molecule has 1 atom stereocenters. The molecule has 1 unspecified atom stereocenters. The Morgan fingerprint density at radius 2 is 2.14 bits per heavy atom. The zero-order valence-corrected chi connectivity index (χ0v) is 16.7. The molecule has 142 valence electrons. The monoisotopic (exact) mass is 410 g/mol. The van der Waals surface area contributed by atoms with E-state index in [2.05, 4.69) is 16.2 Å². The van der Waals surface area contributed by atoms with Gasteiger partial charge in [0.15, 0.2) is 0 Å². The molecule has 0 spiro atoms. The molecular formula is C20H18N4O2S2. The van der Waals surface area contributed by atoms with E-state index in [0.29, 0.717) is 24.6 Å². The Labute approximate surface area is 169 Å². The topological polar surface area (TPSA) is 72.1 Å². The number of hydrogen-bond donors (Lipinski definition) is 0. The van der Waals surface area contributed by atoms with Crippen molar-refractivity contribution in [3.8, 4) is 10.7 Å². The molecule has 0 radical (unpaired) electrons. The number of hydrogen-bond acceptors (Lipinski definition) is 7. The Hall–Kier alpha value is -2.58. The van der Waals surface area contributed by atoms with Crippen LogP contribution in [0, 0.1) is 0 Å². The normalized spacial score (nSPS) is 16.9. The van der Waals surface area contributed by atoms with Crippen LogP contribution in [0.25, 0.3) is 20.9 Å². The number of carbonyl (C=O) groups is 1. The Morgan fingerprint density at radius 1 is 1.21 bits per heavy atom. The van der Waals surface area contributed by atoms with Crippen LogP contribution in [0.1, 0.15) is 36.2 Å². The quantitative estimate of drug-likeness (QED) is 0.477. The lowest BCUT2D eigenvalue weighted by atomic mass is 10.2. The standard InChI is InChI=1S/C20H18N4O2S2/c25-18(10-9-17-22-19(23-26-17)16-8-4-12-27-16)24-11-3-6-14(24)20-21-13-5-1-2-7-15(13)28-20/h1-2,4-5,7-8,12,14H,3,6,9-11H2. The largest absolute Gasteiger partial charge is 0.339 e. The van der Waals surface area contributed by atoms with Gasteiger partial charge in [0.25, 0.3) is 0 Å². The molecule has 4 heterocycles. The highest BCUT2D eigenvalue weighted by Crippen LogP contribution is 2.36. The summed E-state index contributed by atoms with van der Waals surface area (Å²) in [6.07, 6.45) is 2.80. The average Bonchev–Trinajstić information content (AvgIpc) is 3.50. The van der Waals surface area contributed by atoms with E-state index in [1.54, 1.807) is 22.7 Å². The van der Waals surface area contributed by atoms with Gasteiger partial charge in [-0.3, -0.25) is 4.79 Å². The molecule has 1 aromatic carbocycles. The van der Waals surface area contributed by atoms with Crippen LogP contribution in [0.2, 0.25) is 0 Å². The molecule has 1 fully saturated rings. The molecule has 4 aromatic rings. The van der Waals surface area contributed by atoms with Crippen molar-refractivity contribution in [2.45, 2.75) is 31.7 Å². The van der Waals surface area contributed by atoms with E-state index in [1.165, 1.54) is 4.70 Å². The van der Waals surface area contributed by atoms with Crippen molar-refractivity contribution in [3.05, 3.63) is 52.7 Å². The Kier molecular flexibility index (Phi) is 4.66. The molecule has 0 N–H and O–H groups in total. The number of para-hydroxylation sites is 1. The van der Waals surface area contributed by atoms with Crippen molar-refractivity contribution >= 4 is 38.8 Å². The predicted octanol–water partition coefficient (Wildman–Crippen LogP) is 4.70. The van der Waals surface area contributed by atoms with Gasteiger partial charge in [0.05, 0.1) is 21.1 Å². The summed E-state index contributed by atoms with van der Waals surface area (Å²) >= 11 is 3.25. The predicted molar refractivity (Wildman–Crippen MR) is 109 cm³/mol. The smallest absolute Gasteiger partial charge is 0.227 e. The Bertz CT molecular complexity index is 1070. The fraction of sp³-hybridized carbons (Fsp3) is 0.300. The first-order chi connectivity index (χ1) is 13.8. The summed E-state index contributed by atoms with van der Waals surface area (Å²) in [5, 5.41) is 7.02. The van der Waals surface area contributed by atoms with Gasteiger partial charge >= 0.3 is 0 Å². The van der Waals surface area contributed by atoms with E-state index in [1.807, 2.05) is 40.6 Å². The summed E-state index contributed by atoms with van der Waals surface area (Å²) in [4.78, 5) is 25.0. The SMILES string of the molecule is O=C(CCc1nc(-c2cccs2)no1)N1CCCC1c1nc2ccccc2s1. The number of benzene rings is 1. The van der Waals surface area contributed by atoms with Crippen LogP contribution in [-0.4, -0.2) is 32.5 Å². The second-order valence-corrected chi connectivity index (χ2v) is 8.76. The van der Waals surface area contributed by atoms with Crippen molar-refractivity contribution in [3.63, 3.8) is 0 Å². The van der Waals surface area contributed by atoms with Crippen LogP contribution < -0.4 is 0 Å². The van der Waals surface area contributed by atoms with Crippen LogP contribution in [0.5, 0.6) is 0 Å². The van der Waals surface area contributed by atoms with Crippen LogP contribution in [0.15, 0.2) is 46.3 Å². The maximum Gasteiger partial charge on any atom is 0.227 e. The number of nitrogens with zero attached hydrogens (tertiary/aromatic N) is 4. The van der Waals surface area contributed by atoms with Gasteiger partial charge < -0.3 is 9.42 Å². The van der Waals surface area contributed by atoms with Crippen LogP contribution >= 0.6 is 22.7 Å². The minimum Gasteiger partial charge on any atom is -0.339 e. The van der Waals surface area contributed by atoms with Gasteiger partial charge in [0.2, 0.25) is 17.6 Å². The lowest BCUT2D eigenvalue weighted by Gasteiger charge is -2.22. The molecule has 1 aliphatic heterocycles. The maximum atomic E-state index is 12.9. The van der Waals surface area contributed by atoms with E-state index >= 15 is 0 Å². The Balaban J connectivity index is 1.27. The molecule has 3 aromatic heterocycles. The average molecular weight is 411 g/mol. The van der Waals surface area contributed by atoms with E-state index in [-0.39, 0.29) is 11.9 Å². The fourth-order valence-corrected chi connectivity index (χ4v) is 5.34. The second-order valence-electron chi connectivity index (χ2n) is 6.75. The molecule has 1 saturated heterocycles. The van der Waals surface area contributed by atoms with Gasteiger partial charge in [-0.1, -0.05) is 23.4 Å². The number of thiazole rings is 1. The third-order valence-electron chi connectivity index (χ3n) is 4.93. The lowest BCUT2D eigenvalue weighted by molar-refractivity contribution is -0.132. The first-order valence-corrected chi connectivity index (χ1v) is 11.0. The number of aromatic nitrogens is 3. The third-order valence-corrected chi connectivity index (χ3v) is 6.93. The molecule has 8 heteroatoms. The minimum atomic E-state index is 0.0780. The van der Waals surface area contributed by atoms with Gasteiger partial charge in [-0.2, -0.15) is 4.98 Å². The summed E-state index contributed by atoms with van der Waals surface area (Å²) in [5.41, 5.74) is 1.01. The molecular weight excluding hydrogens is 392 g/mol. The van der Waals surface area contributed by atoms with Crippen molar-refractivity contribution < 1.29 is 9.32 Å². The fourth-order valence-electron chi connectivity index (χ4n) is 3.57.